The number of halogens is 1. The molecule has 2 rings (SSSR count). The highest BCUT2D eigenvalue weighted by atomic mass is 35.5. The summed E-state index contributed by atoms with van der Waals surface area (Å²) in [5.74, 6) is 0.402. The number of piperidine rings is 1. The normalized spacial score (nSPS) is 32.6. The molecule has 2 aliphatic heterocycles. The Morgan fingerprint density at radius 3 is 2.33 bits per heavy atom. The van der Waals surface area contributed by atoms with Crippen LogP contribution in [0, 0.1) is 5.92 Å². The van der Waals surface area contributed by atoms with E-state index in [1.165, 1.54) is 0 Å². The van der Waals surface area contributed by atoms with Gasteiger partial charge in [-0.05, 0) is 45.6 Å². The standard InChI is InChI=1S/C13H27N3O3S.ClH/c1-11-8-16(9-12(2)19-11)20(17,18)15-7-3-4-13(10-15)5-6-14;/h11-13H,3-10,14H2,1-2H3;1H. The highest BCUT2D eigenvalue weighted by Crippen LogP contribution is 2.24. The average molecular weight is 342 g/mol. The molecule has 0 saturated carbocycles. The van der Waals surface area contributed by atoms with Gasteiger partial charge in [-0.2, -0.15) is 17.0 Å². The number of rotatable bonds is 4. The quantitative estimate of drug-likeness (QED) is 0.821. The van der Waals surface area contributed by atoms with Crippen LogP contribution in [-0.2, 0) is 14.9 Å². The summed E-state index contributed by atoms with van der Waals surface area (Å²) in [6.07, 6.45) is 2.83. The molecule has 2 N–H and O–H groups in total. The van der Waals surface area contributed by atoms with Crippen molar-refractivity contribution in [3.05, 3.63) is 0 Å². The molecule has 8 heteroatoms. The lowest BCUT2D eigenvalue weighted by Crippen LogP contribution is -2.54. The van der Waals surface area contributed by atoms with Gasteiger partial charge in [0.2, 0.25) is 0 Å². The van der Waals surface area contributed by atoms with Crippen molar-refractivity contribution >= 4 is 22.6 Å². The van der Waals surface area contributed by atoms with Gasteiger partial charge in [0.1, 0.15) is 0 Å². The Hall–Kier alpha value is 0.0800. The highest BCUT2D eigenvalue weighted by molar-refractivity contribution is 7.86. The van der Waals surface area contributed by atoms with Crippen molar-refractivity contribution in [2.24, 2.45) is 11.7 Å². The molecule has 0 amide bonds. The molecule has 0 bridgehead atoms. The van der Waals surface area contributed by atoms with E-state index in [0.717, 1.165) is 19.3 Å². The van der Waals surface area contributed by atoms with Crippen LogP contribution in [0.1, 0.15) is 33.1 Å². The molecule has 0 aromatic carbocycles. The summed E-state index contributed by atoms with van der Waals surface area (Å²) in [7, 11) is -3.36. The van der Waals surface area contributed by atoms with E-state index in [0.29, 0.717) is 38.6 Å². The third-order valence-corrected chi connectivity index (χ3v) is 6.03. The minimum atomic E-state index is -3.36. The number of morpholine rings is 1. The van der Waals surface area contributed by atoms with Crippen molar-refractivity contribution in [3.63, 3.8) is 0 Å². The van der Waals surface area contributed by atoms with Crippen molar-refractivity contribution in [2.45, 2.75) is 45.3 Å². The zero-order valence-corrected chi connectivity index (χ0v) is 14.5. The molecule has 6 nitrogen and oxygen atoms in total. The Morgan fingerprint density at radius 2 is 1.76 bits per heavy atom. The second-order valence-corrected chi connectivity index (χ2v) is 7.95. The van der Waals surface area contributed by atoms with E-state index in [2.05, 4.69) is 0 Å². The SMILES string of the molecule is CC1CN(S(=O)(=O)N2CCCC(CCN)C2)CC(C)O1.Cl. The monoisotopic (exact) mass is 341 g/mol. The number of hydrogen-bond acceptors (Lipinski definition) is 4. The Kier molecular flexibility index (Phi) is 7.36. The fourth-order valence-electron chi connectivity index (χ4n) is 3.19. The number of nitrogens with two attached hydrogens (primary N) is 1. The molecule has 2 heterocycles. The summed E-state index contributed by atoms with van der Waals surface area (Å²) < 4.78 is 34.3. The zero-order chi connectivity index (χ0) is 14.8. The number of ether oxygens (including phenoxy) is 1. The lowest BCUT2D eigenvalue weighted by molar-refractivity contribution is -0.0457. The van der Waals surface area contributed by atoms with E-state index in [1.54, 1.807) is 8.61 Å². The average Bonchev–Trinajstić information content (AvgIpc) is 2.38. The van der Waals surface area contributed by atoms with Gasteiger partial charge in [-0.1, -0.05) is 0 Å². The predicted molar refractivity (Wildman–Crippen MR) is 85.7 cm³/mol. The lowest BCUT2D eigenvalue weighted by atomic mass is 9.96. The maximum atomic E-state index is 12.7. The van der Waals surface area contributed by atoms with Gasteiger partial charge < -0.3 is 10.5 Å². The van der Waals surface area contributed by atoms with Crippen LogP contribution in [0.15, 0.2) is 0 Å². The van der Waals surface area contributed by atoms with Crippen molar-refractivity contribution in [3.8, 4) is 0 Å². The van der Waals surface area contributed by atoms with Gasteiger partial charge in [-0.15, -0.1) is 12.4 Å². The van der Waals surface area contributed by atoms with Crippen LogP contribution in [0.2, 0.25) is 0 Å². The van der Waals surface area contributed by atoms with Crippen LogP contribution in [0.3, 0.4) is 0 Å². The van der Waals surface area contributed by atoms with Gasteiger partial charge in [-0.25, -0.2) is 0 Å². The van der Waals surface area contributed by atoms with Gasteiger partial charge in [0.15, 0.2) is 0 Å². The number of hydrogen-bond donors (Lipinski definition) is 1. The van der Waals surface area contributed by atoms with Gasteiger partial charge in [0.05, 0.1) is 12.2 Å². The van der Waals surface area contributed by atoms with E-state index >= 15 is 0 Å². The third kappa shape index (κ3) is 4.77. The summed E-state index contributed by atoms with van der Waals surface area (Å²) in [5.41, 5.74) is 5.60. The van der Waals surface area contributed by atoms with Gasteiger partial charge in [0.25, 0.3) is 10.2 Å². The smallest absolute Gasteiger partial charge is 0.282 e. The molecular weight excluding hydrogens is 314 g/mol. The first kappa shape index (κ1) is 19.1. The molecule has 2 saturated heterocycles. The summed E-state index contributed by atoms with van der Waals surface area (Å²) in [5, 5.41) is 0. The minimum Gasteiger partial charge on any atom is -0.373 e. The molecule has 126 valence electrons. The van der Waals surface area contributed by atoms with Gasteiger partial charge in [-0.3, -0.25) is 0 Å². The highest BCUT2D eigenvalue weighted by Gasteiger charge is 2.37. The topological polar surface area (TPSA) is 75.9 Å². The van der Waals surface area contributed by atoms with E-state index < -0.39 is 10.2 Å². The summed E-state index contributed by atoms with van der Waals surface area (Å²) in [6, 6.07) is 0. The van der Waals surface area contributed by atoms with Crippen LogP contribution >= 0.6 is 12.4 Å². The zero-order valence-electron chi connectivity index (χ0n) is 12.9. The first-order valence-corrected chi connectivity index (χ1v) is 8.94. The fraction of sp³-hybridized carbons (Fsp3) is 1.00. The molecule has 2 aliphatic rings. The molecule has 0 spiro atoms. The van der Waals surface area contributed by atoms with Crippen LogP contribution in [0.25, 0.3) is 0 Å². The minimum absolute atomic E-state index is 0. The Balaban J connectivity index is 0.00000220. The molecule has 0 aromatic rings. The van der Waals surface area contributed by atoms with Gasteiger partial charge in [0, 0.05) is 26.2 Å². The van der Waals surface area contributed by atoms with E-state index in [9.17, 15) is 8.42 Å². The van der Waals surface area contributed by atoms with E-state index in [1.807, 2.05) is 13.8 Å². The van der Waals surface area contributed by atoms with E-state index in [4.69, 9.17) is 10.5 Å². The molecule has 0 aliphatic carbocycles. The second-order valence-electron chi connectivity index (χ2n) is 6.03. The molecule has 0 radical (unpaired) electrons. The molecule has 3 atom stereocenters. The Labute approximate surface area is 134 Å². The molecule has 0 aromatic heterocycles. The first-order valence-electron chi connectivity index (χ1n) is 7.54. The lowest BCUT2D eigenvalue weighted by Gasteiger charge is -2.39. The van der Waals surface area contributed by atoms with E-state index in [-0.39, 0.29) is 24.6 Å². The summed E-state index contributed by atoms with van der Waals surface area (Å²) in [6.45, 7) is 6.61. The molecule has 3 unspecified atom stereocenters. The Bertz CT molecular complexity index is 409. The van der Waals surface area contributed by atoms with Crippen molar-refractivity contribution in [1.29, 1.82) is 0 Å². The predicted octanol–water partition coefficient (Wildman–Crippen LogP) is 0.823. The molecule has 21 heavy (non-hydrogen) atoms. The third-order valence-electron chi connectivity index (χ3n) is 4.10. The maximum Gasteiger partial charge on any atom is 0.282 e. The summed E-state index contributed by atoms with van der Waals surface area (Å²) in [4.78, 5) is 0. The van der Waals surface area contributed by atoms with Crippen LogP contribution in [0.5, 0.6) is 0 Å². The van der Waals surface area contributed by atoms with Crippen LogP contribution in [-0.4, -0.2) is 62.0 Å². The number of nitrogens with zero attached hydrogens (tertiary/aromatic N) is 2. The van der Waals surface area contributed by atoms with Crippen molar-refractivity contribution in [2.75, 3.05) is 32.7 Å². The van der Waals surface area contributed by atoms with Crippen molar-refractivity contribution < 1.29 is 13.2 Å². The maximum absolute atomic E-state index is 12.7. The van der Waals surface area contributed by atoms with Crippen LogP contribution < -0.4 is 5.73 Å². The fourth-order valence-corrected chi connectivity index (χ4v) is 5.07. The largest absolute Gasteiger partial charge is 0.373 e. The van der Waals surface area contributed by atoms with Crippen molar-refractivity contribution in [1.82, 2.24) is 8.61 Å². The molecule has 2 fully saturated rings. The van der Waals surface area contributed by atoms with Gasteiger partial charge >= 0.3 is 0 Å². The first-order chi connectivity index (χ1) is 9.43. The Morgan fingerprint density at radius 1 is 1.14 bits per heavy atom. The molecular formula is C13H28ClN3O3S. The van der Waals surface area contributed by atoms with Crippen LogP contribution in [0.4, 0.5) is 0 Å². The summed E-state index contributed by atoms with van der Waals surface area (Å²) >= 11 is 0. The second kappa shape index (κ2) is 8.08.